The number of hydrogen-bond acceptors (Lipinski definition) is 4. The maximum Gasteiger partial charge on any atom is 0.237 e. The third-order valence-electron chi connectivity index (χ3n) is 4.38. The highest BCUT2D eigenvalue weighted by Gasteiger charge is 2.23. The zero-order valence-corrected chi connectivity index (χ0v) is 15.2. The lowest BCUT2D eigenvalue weighted by molar-refractivity contribution is -0.127. The van der Waals surface area contributed by atoms with Gasteiger partial charge in [-0.3, -0.25) is 9.59 Å². The van der Waals surface area contributed by atoms with Crippen LogP contribution in [0.4, 0.5) is 5.69 Å². The van der Waals surface area contributed by atoms with Gasteiger partial charge in [0.1, 0.15) is 5.75 Å². The maximum atomic E-state index is 12.1. The molecule has 6 heteroatoms. The van der Waals surface area contributed by atoms with Crippen molar-refractivity contribution in [2.75, 3.05) is 25.0 Å². The van der Waals surface area contributed by atoms with Crippen molar-refractivity contribution in [3.05, 3.63) is 60.2 Å². The molecule has 0 radical (unpaired) electrons. The molecule has 3 N–H and O–H groups in total. The van der Waals surface area contributed by atoms with Gasteiger partial charge in [-0.25, -0.2) is 0 Å². The topological polar surface area (TPSA) is 79.5 Å². The summed E-state index contributed by atoms with van der Waals surface area (Å²) in [7, 11) is 0. The van der Waals surface area contributed by atoms with Crippen LogP contribution in [0.25, 0.3) is 0 Å². The van der Waals surface area contributed by atoms with Gasteiger partial charge < -0.3 is 20.7 Å². The first-order valence-electron chi connectivity index (χ1n) is 9.28. The van der Waals surface area contributed by atoms with Gasteiger partial charge in [0, 0.05) is 18.8 Å². The Labute approximate surface area is 159 Å². The average Bonchev–Trinajstić information content (AvgIpc) is 2.69. The minimum atomic E-state index is -0.467. The van der Waals surface area contributed by atoms with Crippen LogP contribution in [-0.2, 0) is 16.0 Å². The molecule has 142 valence electrons. The fraction of sp³-hybridized carbons (Fsp3) is 0.333. The quantitative estimate of drug-likeness (QED) is 0.625. The molecule has 0 saturated carbocycles. The minimum Gasteiger partial charge on any atom is -0.494 e. The average molecular weight is 367 g/mol. The predicted molar refractivity (Wildman–Crippen MR) is 105 cm³/mol. The normalized spacial score (nSPS) is 16.4. The van der Waals surface area contributed by atoms with Crippen molar-refractivity contribution in [1.29, 1.82) is 0 Å². The molecule has 1 heterocycles. The number of ether oxygens (including phenoxy) is 1. The Morgan fingerprint density at radius 3 is 2.59 bits per heavy atom. The summed E-state index contributed by atoms with van der Waals surface area (Å²) >= 11 is 0. The minimum absolute atomic E-state index is 0.115. The van der Waals surface area contributed by atoms with E-state index in [0.29, 0.717) is 25.4 Å². The molecule has 2 aromatic carbocycles. The van der Waals surface area contributed by atoms with E-state index >= 15 is 0 Å². The summed E-state index contributed by atoms with van der Waals surface area (Å²) in [6.07, 6.45) is 2.04. The van der Waals surface area contributed by atoms with Crippen molar-refractivity contribution in [3.8, 4) is 5.75 Å². The first-order chi connectivity index (χ1) is 13.2. The van der Waals surface area contributed by atoms with Crippen LogP contribution in [0, 0.1) is 0 Å². The second kappa shape index (κ2) is 9.73. The van der Waals surface area contributed by atoms with Gasteiger partial charge in [0.05, 0.1) is 19.1 Å². The molecule has 3 rings (SSSR count). The molecule has 27 heavy (non-hydrogen) atoms. The molecule has 0 bridgehead atoms. The van der Waals surface area contributed by atoms with Crippen molar-refractivity contribution in [2.45, 2.75) is 25.3 Å². The summed E-state index contributed by atoms with van der Waals surface area (Å²) in [5, 5.41) is 8.60. The molecule has 2 amide bonds. The van der Waals surface area contributed by atoms with Gasteiger partial charge in [0.15, 0.2) is 0 Å². The molecule has 1 fully saturated rings. The van der Waals surface area contributed by atoms with E-state index in [2.05, 4.69) is 28.1 Å². The lowest BCUT2D eigenvalue weighted by Gasteiger charge is -2.22. The third-order valence-corrected chi connectivity index (χ3v) is 4.38. The molecule has 2 aromatic rings. The number of hydrogen-bond donors (Lipinski definition) is 3. The summed E-state index contributed by atoms with van der Waals surface area (Å²) in [4.78, 5) is 23.8. The molecule has 1 aliphatic heterocycles. The molecule has 0 aliphatic carbocycles. The van der Waals surface area contributed by atoms with Crippen LogP contribution in [0.15, 0.2) is 54.6 Å². The first kappa shape index (κ1) is 18.9. The number of benzene rings is 2. The number of rotatable bonds is 8. The second-order valence-corrected chi connectivity index (χ2v) is 6.51. The smallest absolute Gasteiger partial charge is 0.237 e. The van der Waals surface area contributed by atoms with E-state index < -0.39 is 6.04 Å². The number of carbonyl (C=O) groups excluding carboxylic acids is 2. The highest BCUT2D eigenvalue weighted by Crippen LogP contribution is 2.16. The number of aryl methyl sites for hydroxylation is 1. The van der Waals surface area contributed by atoms with Gasteiger partial charge >= 0.3 is 0 Å². The van der Waals surface area contributed by atoms with Crippen LogP contribution in [0.3, 0.4) is 0 Å². The molecule has 0 spiro atoms. The number of carbonyl (C=O) groups is 2. The Morgan fingerprint density at radius 1 is 1.07 bits per heavy atom. The summed E-state index contributed by atoms with van der Waals surface area (Å²) < 4.78 is 5.75. The van der Waals surface area contributed by atoms with E-state index in [-0.39, 0.29) is 18.2 Å². The zero-order chi connectivity index (χ0) is 18.9. The Balaban J connectivity index is 1.39. The van der Waals surface area contributed by atoms with Crippen LogP contribution in [-0.4, -0.2) is 37.6 Å². The third kappa shape index (κ3) is 6.11. The van der Waals surface area contributed by atoms with E-state index in [1.54, 1.807) is 12.1 Å². The SMILES string of the molecule is O=C(CC1NCCNC1=O)Nc1ccc(OCCCc2ccccc2)cc1. The van der Waals surface area contributed by atoms with Crippen LogP contribution in [0.5, 0.6) is 5.75 Å². The Morgan fingerprint density at radius 2 is 1.85 bits per heavy atom. The van der Waals surface area contributed by atoms with Crippen molar-refractivity contribution in [1.82, 2.24) is 10.6 Å². The van der Waals surface area contributed by atoms with Gasteiger partial charge in [-0.15, -0.1) is 0 Å². The highest BCUT2D eigenvalue weighted by atomic mass is 16.5. The number of piperazine rings is 1. The van der Waals surface area contributed by atoms with Crippen LogP contribution < -0.4 is 20.7 Å². The largest absolute Gasteiger partial charge is 0.494 e. The monoisotopic (exact) mass is 367 g/mol. The van der Waals surface area contributed by atoms with Crippen LogP contribution in [0.1, 0.15) is 18.4 Å². The molecule has 1 saturated heterocycles. The second-order valence-electron chi connectivity index (χ2n) is 6.51. The van der Waals surface area contributed by atoms with Gasteiger partial charge in [0.2, 0.25) is 11.8 Å². The fourth-order valence-electron chi connectivity index (χ4n) is 2.96. The molecule has 0 aromatic heterocycles. The van der Waals surface area contributed by atoms with Crippen LogP contribution >= 0.6 is 0 Å². The standard InChI is InChI=1S/C21H25N3O3/c25-20(15-19-21(26)23-13-12-22-19)24-17-8-10-18(11-9-17)27-14-4-7-16-5-2-1-3-6-16/h1-3,5-6,8-11,19,22H,4,7,12-15H2,(H,23,26)(H,24,25). The van der Waals surface area contributed by atoms with Gasteiger partial charge in [-0.2, -0.15) is 0 Å². The lowest BCUT2D eigenvalue weighted by atomic mass is 10.1. The molecular weight excluding hydrogens is 342 g/mol. The molecule has 1 aliphatic rings. The van der Waals surface area contributed by atoms with E-state index in [0.717, 1.165) is 18.6 Å². The van der Waals surface area contributed by atoms with Gasteiger partial charge in [-0.1, -0.05) is 30.3 Å². The fourth-order valence-corrected chi connectivity index (χ4v) is 2.96. The number of amides is 2. The Kier molecular flexibility index (Phi) is 6.82. The molecule has 1 atom stereocenters. The first-order valence-corrected chi connectivity index (χ1v) is 9.28. The Hall–Kier alpha value is -2.86. The van der Waals surface area contributed by atoms with Crippen LogP contribution in [0.2, 0.25) is 0 Å². The predicted octanol–water partition coefficient (Wildman–Crippen LogP) is 2.11. The summed E-state index contributed by atoms with van der Waals surface area (Å²) in [6, 6.07) is 17.1. The van der Waals surface area contributed by atoms with Crippen molar-refractivity contribution >= 4 is 17.5 Å². The summed E-state index contributed by atoms with van der Waals surface area (Å²) in [5.74, 6) is 0.450. The van der Waals surface area contributed by atoms with Crippen molar-refractivity contribution < 1.29 is 14.3 Å². The number of nitrogens with one attached hydrogen (secondary N) is 3. The summed E-state index contributed by atoms with van der Waals surface area (Å²) in [6.45, 7) is 1.92. The van der Waals surface area contributed by atoms with Gasteiger partial charge in [-0.05, 0) is 42.7 Å². The molecule has 1 unspecified atom stereocenters. The maximum absolute atomic E-state index is 12.1. The Bertz CT molecular complexity index is 747. The van der Waals surface area contributed by atoms with E-state index in [4.69, 9.17) is 4.74 Å². The lowest BCUT2D eigenvalue weighted by Crippen LogP contribution is -2.53. The van der Waals surface area contributed by atoms with E-state index in [9.17, 15) is 9.59 Å². The molecular formula is C21H25N3O3. The van der Waals surface area contributed by atoms with E-state index in [1.165, 1.54) is 5.56 Å². The highest BCUT2D eigenvalue weighted by molar-refractivity contribution is 5.95. The van der Waals surface area contributed by atoms with Gasteiger partial charge in [0.25, 0.3) is 0 Å². The van der Waals surface area contributed by atoms with Crippen molar-refractivity contribution in [3.63, 3.8) is 0 Å². The summed E-state index contributed by atoms with van der Waals surface area (Å²) in [5.41, 5.74) is 1.99. The van der Waals surface area contributed by atoms with E-state index in [1.807, 2.05) is 30.3 Å². The molecule has 6 nitrogen and oxygen atoms in total. The number of anilines is 1. The van der Waals surface area contributed by atoms with Crippen molar-refractivity contribution in [2.24, 2.45) is 0 Å². The zero-order valence-electron chi connectivity index (χ0n) is 15.2.